The van der Waals surface area contributed by atoms with Crippen LogP contribution in [0.25, 0.3) is 0 Å². The highest BCUT2D eigenvalue weighted by Crippen LogP contribution is 2.17. The molecule has 6 nitrogen and oxygen atoms in total. The summed E-state index contributed by atoms with van der Waals surface area (Å²) in [4.78, 5) is 20.1. The third kappa shape index (κ3) is 2.92. The van der Waals surface area contributed by atoms with Crippen molar-refractivity contribution in [1.82, 2.24) is 25.5 Å². The largest absolute Gasteiger partial charge is 0.344 e. The normalized spacial score (nSPS) is 11.5. The number of thiazole rings is 1. The zero-order valence-electron chi connectivity index (χ0n) is 10.5. The standard InChI is InChI=1S/C11H15N5OS/c1-11(2,3)10-14-8(15-16-10)9(17)12-4-7-5-18-6-13-7/h5-6H,4H2,1-3H3,(H,12,17)(H,14,15,16). The molecule has 0 unspecified atom stereocenters. The number of hydrogen-bond acceptors (Lipinski definition) is 5. The highest BCUT2D eigenvalue weighted by atomic mass is 32.1. The number of nitrogens with zero attached hydrogens (tertiary/aromatic N) is 3. The first-order chi connectivity index (χ1) is 8.47. The number of carbonyl (C=O) groups excluding carboxylic acids is 1. The van der Waals surface area contributed by atoms with Gasteiger partial charge in [-0.05, 0) is 0 Å². The van der Waals surface area contributed by atoms with Gasteiger partial charge in [-0.2, -0.15) is 0 Å². The molecular weight excluding hydrogens is 250 g/mol. The Balaban J connectivity index is 1.99. The molecule has 7 heteroatoms. The van der Waals surface area contributed by atoms with Crippen molar-refractivity contribution < 1.29 is 4.79 Å². The van der Waals surface area contributed by atoms with Crippen LogP contribution in [0.3, 0.4) is 0 Å². The van der Waals surface area contributed by atoms with E-state index in [1.807, 2.05) is 26.2 Å². The van der Waals surface area contributed by atoms with Gasteiger partial charge in [0.15, 0.2) is 0 Å². The van der Waals surface area contributed by atoms with Gasteiger partial charge in [0.25, 0.3) is 5.91 Å². The maximum Gasteiger partial charge on any atom is 0.291 e. The number of hydrogen-bond donors (Lipinski definition) is 2. The number of rotatable bonds is 3. The van der Waals surface area contributed by atoms with Crippen LogP contribution in [-0.4, -0.2) is 26.1 Å². The molecule has 2 N–H and O–H groups in total. The number of H-pyrrole nitrogens is 1. The summed E-state index contributed by atoms with van der Waals surface area (Å²) in [6.07, 6.45) is 0. The predicted molar refractivity (Wildman–Crippen MR) is 68.4 cm³/mol. The number of aromatic nitrogens is 4. The number of aromatic amines is 1. The Bertz CT molecular complexity index is 526. The quantitative estimate of drug-likeness (QED) is 0.880. The van der Waals surface area contributed by atoms with Crippen LogP contribution in [-0.2, 0) is 12.0 Å². The summed E-state index contributed by atoms with van der Waals surface area (Å²) < 4.78 is 0. The van der Waals surface area contributed by atoms with Crippen LogP contribution >= 0.6 is 11.3 Å². The van der Waals surface area contributed by atoms with Crippen molar-refractivity contribution in [1.29, 1.82) is 0 Å². The summed E-state index contributed by atoms with van der Waals surface area (Å²) in [5.41, 5.74) is 2.41. The van der Waals surface area contributed by atoms with E-state index in [-0.39, 0.29) is 17.1 Å². The van der Waals surface area contributed by atoms with Crippen molar-refractivity contribution in [3.05, 3.63) is 28.2 Å². The van der Waals surface area contributed by atoms with Crippen LogP contribution in [0.4, 0.5) is 0 Å². The van der Waals surface area contributed by atoms with E-state index in [1.54, 1.807) is 5.51 Å². The Kier molecular flexibility index (Phi) is 3.42. The molecule has 2 aromatic heterocycles. The minimum absolute atomic E-state index is 0.152. The van der Waals surface area contributed by atoms with Crippen molar-refractivity contribution >= 4 is 17.2 Å². The van der Waals surface area contributed by atoms with Crippen LogP contribution in [0.5, 0.6) is 0 Å². The van der Waals surface area contributed by atoms with E-state index in [0.717, 1.165) is 5.69 Å². The van der Waals surface area contributed by atoms with Gasteiger partial charge in [0.2, 0.25) is 5.82 Å². The summed E-state index contributed by atoms with van der Waals surface area (Å²) in [7, 11) is 0. The average Bonchev–Trinajstić information content (AvgIpc) is 2.96. The summed E-state index contributed by atoms with van der Waals surface area (Å²) in [5.74, 6) is 0.561. The van der Waals surface area contributed by atoms with Gasteiger partial charge in [0.05, 0.1) is 17.7 Å². The molecular formula is C11H15N5OS. The van der Waals surface area contributed by atoms with Crippen molar-refractivity contribution in [3.8, 4) is 0 Å². The molecule has 0 spiro atoms. The number of carbonyl (C=O) groups is 1. The van der Waals surface area contributed by atoms with Gasteiger partial charge in [-0.15, -0.1) is 16.4 Å². The lowest BCUT2D eigenvalue weighted by Gasteiger charge is -2.12. The molecule has 0 radical (unpaired) electrons. The molecule has 0 saturated carbocycles. The van der Waals surface area contributed by atoms with Gasteiger partial charge < -0.3 is 5.32 Å². The number of nitrogens with one attached hydrogen (secondary N) is 2. The first-order valence-corrected chi connectivity index (χ1v) is 6.49. The van der Waals surface area contributed by atoms with Gasteiger partial charge >= 0.3 is 0 Å². The molecule has 2 rings (SSSR count). The van der Waals surface area contributed by atoms with Crippen molar-refractivity contribution in [3.63, 3.8) is 0 Å². The fourth-order valence-corrected chi connectivity index (χ4v) is 1.83. The lowest BCUT2D eigenvalue weighted by molar-refractivity contribution is 0.0940. The molecule has 0 aliphatic carbocycles. The summed E-state index contributed by atoms with van der Waals surface area (Å²) in [5, 5.41) is 11.3. The Morgan fingerprint density at radius 2 is 2.28 bits per heavy atom. The molecule has 0 aliphatic rings. The average molecular weight is 265 g/mol. The molecule has 0 bridgehead atoms. The van der Waals surface area contributed by atoms with E-state index in [4.69, 9.17) is 0 Å². The van der Waals surface area contributed by atoms with Gasteiger partial charge in [-0.1, -0.05) is 20.8 Å². The summed E-state index contributed by atoms with van der Waals surface area (Å²) in [6.45, 7) is 6.40. The topological polar surface area (TPSA) is 83.6 Å². The van der Waals surface area contributed by atoms with Crippen LogP contribution in [0.1, 0.15) is 42.9 Å². The summed E-state index contributed by atoms with van der Waals surface area (Å²) >= 11 is 1.49. The second kappa shape index (κ2) is 4.85. The Morgan fingerprint density at radius 3 is 2.83 bits per heavy atom. The second-order valence-electron chi connectivity index (χ2n) is 4.92. The second-order valence-corrected chi connectivity index (χ2v) is 5.64. The lowest BCUT2D eigenvalue weighted by atomic mass is 9.96. The first kappa shape index (κ1) is 12.7. The van der Waals surface area contributed by atoms with Crippen LogP contribution in [0.2, 0.25) is 0 Å². The van der Waals surface area contributed by atoms with Gasteiger partial charge in [0.1, 0.15) is 5.82 Å². The molecule has 2 heterocycles. The monoisotopic (exact) mass is 265 g/mol. The third-order valence-corrected chi connectivity index (χ3v) is 2.95. The molecule has 2 aromatic rings. The van der Waals surface area contributed by atoms with E-state index in [0.29, 0.717) is 12.4 Å². The van der Waals surface area contributed by atoms with Crippen LogP contribution in [0.15, 0.2) is 10.9 Å². The van der Waals surface area contributed by atoms with Gasteiger partial charge in [-0.3, -0.25) is 9.89 Å². The molecule has 0 aliphatic heterocycles. The van der Waals surface area contributed by atoms with E-state index in [2.05, 4.69) is 25.5 Å². The SMILES string of the molecule is CC(C)(C)c1nc(C(=O)NCc2cscn2)n[nH]1. The maximum absolute atomic E-state index is 11.8. The lowest BCUT2D eigenvalue weighted by Crippen LogP contribution is -2.24. The molecule has 0 atom stereocenters. The molecule has 1 amide bonds. The minimum atomic E-state index is -0.297. The van der Waals surface area contributed by atoms with Crippen LogP contribution < -0.4 is 5.32 Å². The Morgan fingerprint density at radius 1 is 1.50 bits per heavy atom. The van der Waals surface area contributed by atoms with E-state index < -0.39 is 0 Å². The van der Waals surface area contributed by atoms with Crippen molar-refractivity contribution in [2.45, 2.75) is 32.7 Å². The molecule has 96 valence electrons. The van der Waals surface area contributed by atoms with E-state index in [1.165, 1.54) is 11.3 Å². The predicted octanol–water partition coefficient (Wildman–Crippen LogP) is 1.49. The van der Waals surface area contributed by atoms with Gasteiger partial charge in [-0.25, -0.2) is 9.97 Å². The first-order valence-electron chi connectivity index (χ1n) is 5.55. The zero-order valence-corrected chi connectivity index (χ0v) is 11.3. The third-order valence-electron chi connectivity index (χ3n) is 2.31. The smallest absolute Gasteiger partial charge is 0.291 e. The Labute approximate surface area is 109 Å². The highest BCUT2D eigenvalue weighted by Gasteiger charge is 2.21. The fourth-order valence-electron chi connectivity index (χ4n) is 1.27. The Hall–Kier alpha value is -1.76. The molecule has 0 fully saturated rings. The van der Waals surface area contributed by atoms with Crippen molar-refractivity contribution in [2.75, 3.05) is 0 Å². The zero-order chi connectivity index (χ0) is 13.2. The van der Waals surface area contributed by atoms with Crippen molar-refractivity contribution in [2.24, 2.45) is 0 Å². The number of amides is 1. The molecule has 0 aromatic carbocycles. The highest BCUT2D eigenvalue weighted by molar-refractivity contribution is 7.07. The molecule has 18 heavy (non-hydrogen) atoms. The van der Waals surface area contributed by atoms with E-state index in [9.17, 15) is 4.79 Å². The van der Waals surface area contributed by atoms with Gasteiger partial charge in [0, 0.05) is 10.8 Å². The van der Waals surface area contributed by atoms with E-state index >= 15 is 0 Å². The molecule has 0 saturated heterocycles. The minimum Gasteiger partial charge on any atom is -0.344 e. The van der Waals surface area contributed by atoms with Crippen LogP contribution in [0, 0.1) is 0 Å². The fraction of sp³-hybridized carbons (Fsp3) is 0.455. The summed E-state index contributed by atoms with van der Waals surface area (Å²) in [6, 6.07) is 0. The maximum atomic E-state index is 11.8.